The number of rotatable bonds is 18. The van der Waals surface area contributed by atoms with Gasteiger partial charge in [-0.05, 0) is 133 Å². The van der Waals surface area contributed by atoms with Crippen LogP contribution in [0.15, 0.2) is 103 Å². The maximum absolute atomic E-state index is 13.0. The summed E-state index contributed by atoms with van der Waals surface area (Å²) in [4.78, 5) is 13.0. The molecule has 5 rings (SSSR count). The average Bonchev–Trinajstić information content (AvgIpc) is 3.09. The fraction of sp³-hybridized carbons (Fsp3) is 0.357. The van der Waals surface area contributed by atoms with Gasteiger partial charge < -0.3 is 30.1 Å². The molecule has 3 atom stereocenters. The van der Waals surface area contributed by atoms with E-state index in [4.69, 9.17) is 9.47 Å². The summed E-state index contributed by atoms with van der Waals surface area (Å²) in [7, 11) is 1.60. The molecule has 0 amide bonds. The van der Waals surface area contributed by atoms with E-state index in [-0.39, 0.29) is 35.5 Å². The van der Waals surface area contributed by atoms with E-state index in [1.807, 2.05) is 48.5 Å². The lowest BCUT2D eigenvalue weighted by molar-refractivity contribution is -0.121. The molecular formula is C42H49NO6. The normalized spacial score (nSPS) is 16.3. The fourth-order valence-corrected chi connectivity index (χ4v) is 6.64. The number of phenolic OH excluding ortho intramolecular Hbond substituents is 1. The van der Waals surface area contributed by atoms with Gasteiger partial charge in [0.25, 0.3) is 0 Å². The summed E-state index contributed by atoms with van der Waals surface area (Å²) in [6.07, 6.45) is 10.3. The second-order valence-corrected chi connectivity index (χ2v) is 13.0. The number of anilines is 1. The number of unbranched alkanes of at least 4 members (excludes halogenated alkanes) is 1. The molecule has 0 bridgehead atoms. The molecule has 4 aromatic carbocycles. The van der Waals surface area contributed by atoms with Gasteiger partial charge in [-0.1, -0.05) is 48.9 Å². The number of carbonyl (C=O) groups is 1. The van der Waals surface area contributed by atoms with Crippen LogP contribution < -0.4 is 14.8 Å². The Labute approximate surface area is 289 Å². The molecule has 4 aromatic rings. The van der Waals surface area contributed by atoms with Crippen LogP contribution in [-0.2, 0) is 24.2 Å². The Morgan fingerprint density at radius 2 is 1.65 bits per heavy atom. The van der Waals surface area contributed by atoms with Crippen LogP contribution in [0.5, 0.6) is 17.2 Å². The molecule has 0 fully saturated rings. The monoisotopic (exact) mass is 663 g/mol. The van der Waals surface area contributed by atoms with Crippen molar-refractivity contribution < 1.29 is 29.6 Å². The number of hydrogen-bond donors (Lipinski definition) is 4. The molecule has 49 heavy (non-hydrogen) atoms. The van der Waals surface area contributed by atoms with Crippen LogP contribution in [0.3, 0.4) is 0 Å². The third kappa shape index (κ3) is 10.6. The number of carbonyl (C=O) groups excluding carboxylic acids is 1. The summed E-state index contributed by atoms with van der Waals surface area (Å²) in [6, 6.07) is 25.5. The van der Waals surface area contributed by atoms with Gasteiger partial charge >= 0.3 is 0 Å². The standard InChI is InChI=1S/C42H49NO6/c1-3-43-36-10-6-8-29(22-36)7-4-5-9-32-15-18-38(45)25-35(32)26-40(47)27-39(46)17-12-30-13-20-41(48-2)42(23-30)49-28-31-11-14-34-24-37(44)19-16-33(34)21-31/h6,8,10-11,13-16,18-25,32,35,40,43-45,47H,3-5,7,9,12,17,26-28H2,1-2H3/t32-,35-,40+/m1/s1. The van der Waals surface area contributed by atoms with Crippen molar-refractivity contribution in [2.75, 3.05) is 19.0 Å². The first-order valence-electron chi connectivity index (χ1n) is 17.4. The SMILES string of the molecule is CCNc1cccc(CCCC[C@@H]2C=CC(O)=C[C@@H]2C[C@H](O)CC(=O)CCc2ccc(OC)c(OCc3ccc4cc(O)ccc4c3)c2)c1. The minimum Gasteiger partial charge on any atom is -0.508 e. The third-order valence-corrected chi connectivity index (χ3v) is 9.22. The van der Waals surface area contributed by atoms with Crippen LogP contribution >= 0.6 is 0 Å². The zero-order valence-electron chi connectivity index (χ0n) is 28.6. The van der Waals surface area contributed by atoms with Crippen molar-refractivity contribution in [1.82, 2.24) is 0 Å². The maximum atomic E-state index is 13.0. The number of phenols is 1. The lowest BCUT2D eigenvalue weighted by Crippen LogP contribution is -2.23. The number of ketones is 1. The number of methoxy groups -OCH3 is 1. The number of allylic oxidation sites excluding steroid dienone is 3. The van der Waals surface area contributed by atoms with Gasteiger partial charge in [-0.2, -0.15) is 0 Å². The molecule has 0 aromatic heterocycles. The Morgan fingerprint density at radius 3 is 2.49 bits per heavy atom. The highest BCUT2D eigenvalue weighted by Gasteiger charge is 2.25. The number of aryl methyl sites for hydroxylation is 2. The molecule has 0 heterocycles. The molecule has 0 radical (unpaired) electrons. The van der Waals surface area contributed by atoms with E-state index in [0.717, 1.165) is 59.8 Å². The van der Waals surface area contributed by atoms with E-state index in [9.17, 15) is 20.1 Å². The van der Waals surface area contributed by atoms with Crippen molar-refractivity contribution >= 4 is 22.2 Å². The van der Waals surface area contributed by atoms with E-state index in [1.165, 1.54) is 5.56 Å². The molecule has 1 aliphatic rings. The topological polar surface area (TPSA) is 108 Å². The lowest BCUT2D eigenvalue weighted by atomic mass is 9.80. The molecule has 1 aliphatic carbocycles. The van der Waals surface area contributed by atoms with Crippen molar-refractivity contribution in [1.29, 1.82) is 0 Å². The zero-order chi connectivity index (χ0) is 34.6. The number of aromatic hydroxyl groups is 1. The van der Waals surface area contributed by atoms with Crippen molar-refractivity contribution in [2.24, 2.45) is 11.8 Å². The Bertz CT molecular complexity index is 1760. The van der Waals surface area contributed by atoms with Gasteiger partial charge in [0.2, 0.25) is 0 Å². The second-order valence-electron chi connectivity index (χ2n) is 13.0. The first-order chi connectivity index (χ1) is 23.8. The van der Waals surface area contributed by atoms with Gasteiger partial charge in [0.05, 0.1) is 13.2 Å². The predicted octanol–water partition coefficient (Wildman–Crippen LogP) is 8.86. The molecule has 0 aliphatic heterocycles. The van der Waals surface area contributed by atoms with E-state index >= 15 is 0 Å². The summed E-state index contributed by atoms with van der Waals surface area (Å²) in [5, 5.41) is 36.2. The van der Waals surface area contributed by atoms with Gasteiger partial charge in [0.1, 0.15) is 23.9 Å². The van der Waals surface area contributed by atoms with E-state index in [0.29, 0.717) is 37.4 Å². The van der Waals surface area contributed by atoms with Crippen LogP contribution in [-0.4, -0.2) is 40.9 Å². The number of Topliss-reactive ketones (excluding diaryl/α,β-unsaturated/α-hetero) is 1. The summed E-state index contributed by atoms with van der Waals surface area (Å²) in [5.41, 5.74) is 4.41. The van der Waals surface area contributed by atoms with E-state index in [2.05, 4.69) is 42.6 Å². The lowest BCUT2D eigenvalue weighted by Gasteiger charge is -2.27. The number of aliphatic hydroxyl groups excluding tert-OH is 2. The Hall–Kier alpha value is -4.75. The number of fused-ring (bicyclic) bond motifs is 1. The summed E-state index contributed by atoms with van der Waals surface area (Å²) >= 11 is 0. The number of nitrogens with one attached hydrogen (secondary N) is 1. The van der Waals surface area contributed by atoms with Gasteiger partial charge in [0.15, 0.2) is 11.5 Å². The molecule has 0 saturated heterocycles. The number of aliphatic hydroxyl groups is 2. The quantitative estimate of drug-likeness (QED) is 0.0788. The molecule has 0 spiro atoms. The van der Waals surface area contributed by atoms with E-state index < -0.39 is 6.10 Å². The first kappa shape index (κ1) is 35.6. The van der Waals surface area contributed by atoms with Gasteiger partial charge in [-0.25, -0.2) is 0 Å². The molecule has 4 N–H and O–H groups in total. The molecule has 0 saturated carbocycles. The van der Waals surface area contributed by atoms with Crippen molar-refractivity contribution in [3.63, 3.8) is 0 Å². The third-order valence-electron chi connectivity index (χ3n) is 9.22. The minimum absolute atomic E-state index is 0.00360. The highest BCUT2D eigenvalue weighted by Crippen LogP contribution is 2.32. The van der Waals surface area contributed by atoms with Crippen molar-refractivity contribution in [3.8, 4) is 17.2 Å². The number of ether oxygens (including phenoxy) is 2. The van der Waals surface area contributed by atoms with Crippen LogP contribution in [0, 0.1) is 11.8 Å². The Kier molecular flexibility index (Phi) is 12.8. The van der Waals surface area contributed by atoms with Crippen molar-refractivity contribution in [2.45, 2.75) is 71.0 Å². The van der Waals surface area contributed by atoms with E-state index in [1.54, 1.807) is 25.3 Å². The number of benzene rings is 4. The Balaban J connectivity index is 1.08. The highest BCUT2D eigenvalue weighted by molar-refractivity contribution is 5.84. The summed E-state index contributed by atoms with van der Waals surface area (Å²) in [5.74, 6) is 1.88. The van der Waals surface area contributed by atoms with Gasteiger partial charge in [-0.3, -0.25) is 4.79 Å². The van der Waals surface area contributed by atoms with Crippen LogP contribution in [0.2, 0.25) is 0 Å². The van der Waals surface area contributed by atoms with Crippen LogP contribution in [0.25, 0.3) is 10.8 Å². The molecular weight excluding hydrogens is 614 g/mol. The fourth-order valence-electron chi connectivity index (χ4n) is 6.64. The molecule has 0 unspecified atom stereocenters. The average molecular weight is 664 g/mol. The molecule has 7 heteroatoms. The molecule has 258 valence electrons. The minimum atomic E-state index is -0.773. The first-order valence-corrected chi connectivity index (χ1v) is 17.4. The zero-order valence-corrected chi connectivity index (χ0v) is 28.6. The van der Waals surface area contributed by atoms with Gasteiger partial charge in [0, 0.05) is 25.1 Å². The second kappa shape index (κ2) is 17.6. The smallest absolute Gasteiger partial charge is 0.161 e. The molecule has 7 nitrogen and oxygen atoms in total. The highest BCUT2D eigenvalue weighted by atomic mass is 16.5. The predicted molar refractivity (Wildman–Crippen MR) is 197 cm³/mol. The van der Waals surface area contributed by atoms with Crippen molar-refractivity contribution in [3.05, 3.63) is 120 Å². The largest absolute Gasteiger partial charge is 0.508 e. The number of hydrogen-bond acceptors (Lipinski definition) is 7. The van der Waals surface area contributed by atoms with Crippen LogP contribution in [0.1, 0.15) is 62.1 Å². The Morgan fingerprint density at radius 1 is 0.857 bits per heavy atom. The summed E-state index contributed by atoms with van der Waals surface area (Å²) < 4.78 is 11.7. The van der Waals surface area contributed by atoms with Gasteiger partial charge in [-0.15, -0.1) is 0 Å². The summed E-state index contributed by atoms with van der Waals surface area (Å²) in [6.45, 7) is 3.34. The maximum Gasteiger partial charge on any atom is 0.161 e. The van der Waals surface area contributed by atoms with Crippen LogP contribution in [0.4, 0.5) is 5.69 Å².